The van der Waals surface area contributed by atoms with Crippen LogP contribution in [-0.2, 0) is 16.6 Å². The summed E-state index contributed by atoms with van der Waals surface area (Å²) in [5.74, 6) is -0.330. The van der Waals surface area contributed by atoms with Gasteiger partial charge in [-0.1, -0.05) is 36.8 Å². The zero-order valence-corrected chi connectivity index (χ0v) is 18.1. The van der Waals surface area contributed by atoms with Crippen LogP contribution >= 0.6 is 0 Å². The number of rotatable bonds is 6. The minimum atomic E-state index is -3.50. The van der Waals surface area contributed by atoms with E-state index in [2.05, 4.69) is 10.2 Å². The second kappa shape index (κ2) is 8.99. The SMILES string of the molecule is CN(Cc1ccccc1)C(=O)c1nnc(-c2ccc(S(=O)(=O)N3CCCCC3)cc2)o1. The lowest BCUT2D eigenvalue weighted by molar-refractivity contribution is 0.0746. The van der Waals surface area contributed by atoms with Crippen molar-refractivity contribution in [3.63, 3.8) is 0 Å². The molecule has 0 saturated carbocycles. The van der Waals surface area contributed by atoms with Gasteiger partial charge in [-0.25, -0.2) is 8.42 Å². The van der Waals surface area contributed by atoms with Gasteiger partial charge in [0.1, 0.15) is 0 Å². The van der Waals surface area contributed by atoms with E-state index in [1.54, 1.807) is 19.2 Å². The highest BCUT2D eigenvalue weighted by Crippen LogP contribution is 2.24. The van der Waals surface area contributed by atoms with Crippen LogP contribution in [0.5, 0.6) is 0 Å². The summed E-state index contributed by atoms with van der Waals surface area (Å²) in [5.41, 5.74) is 1.54. The predicted octanol–water partition coefficient (Wildman–Crippen LogP) is 3.18. The van der Waals surface area contributed by atoms with Crippen LogP contribution in [0.2, 0.25) is 0 Å². The van der Waals surface area contributed by atoms with E-state index in [9.17, 15) is 13.2 Å². The number of sulfonamides is 1. The molecular formula is C22H24N4O4S. The first-order valence-electron chi connectivity index (χ1n) is 10.2. The number of aromatic nitrogens is 2. The smallest absolute Gasteiger partial charge is 0.311 e. The summed E-state index contributed by atoms with van der Waals surface area (Å²) in [6.07, 6.45) is 2.83. The summed E-state index contributed by atoms with van der Waals surface area (Å²) in [6.45, 7) is 1.52. The maximum atomic E-state index is 12.8. The lowest BCUT2D eigenvalue weighted by Gasteiger charge is -2.25. The van der Waals surface area contributed by atoms with Gasteiger partial charge in [-0.3, -0.25) is 4.79 Å². The largest absolute Gasteiger partial charge is 0.412 e. The summed E-state index contributed by atoms with van der Waals surface area (Å²) in [4.78, 5) is 14.3. The van der Waals surface area contributed by atoms with Crippen molar-refractivity contribution in [3.05, 3.63) is 66.1 Å². The molecule has 0 radical (unpaired) electrons. The third-order valence-electron chi connectivity index (χ3n) is 5.27. The molecule has 1 aliphatic rings. The fourth-order valence-electron chi connectivity index (χ4n) is 3.54. The summed E-state index contributed by atoms with van der Waals surface area (Å²) < 4.78 is 32.6. The normalized spacial score (nSPS) is 15.0. The van der Waals surface area contributed by atoms with Gasteiger partial charge in [-0.05, 0) is 42.7 Å². The topological polar surface area (TPSA) is 96.6 Å². The summed E-state index contributed by atoms with van der Waals surface area (Å²) >= 11 is 0. The number of piperidine rings is 1. The quantitative estimate of drug-likeness (QED) is 0.584. The fourth-order valence-corrected chi connectivity index (χ4v) is 5.06. The zero-order valence-electron chi connectivity index (χ0n) is 17.3. The van der Waals surface area contributed by atoms with Crippen LogP contribution in [0.4, 0.5) is 0 Å². The molecule has 1 aliphatic heterocycles. The Kier molecular flexibility index (Phi) is 6.15. The Hall–Kier alpha value is -3.04. The van der Waals surface area contributed by atoms with E-state index in [0.717, 1.165) is 24.8 Å². The van der Waals surface area contributed by atoms with E-state index in [1.165, 1.54) is 21.3 Å². The highest BCUT2D eigenvalue weighted by molar-refractivity contribution is 7.89. The van der Waals surface area contributed by atoms with Crippen molar-refractivity contribution in [1.29, 1.82) is 0 Å². The minimum absolute atomic E-state index is 0.113. The maximum absolute atomic E-state index is 12.8. The highest BCUT2D eigenvalue weighted by atomic mass is 32.2. The van der Waals surface area contributed by atoms with E-state index in [4.69, 9.17) is 4.42 Å². The maximum Gasteiger partial charge on any atom is 0.311 e. The van der Waals surface area contributed by atoms with Crippen LogP contribution < -0.4 is 0 Å². The molecule has 0 unspecified atom stereocenters. The van der Waals surface area contributed by atoms with Crippen LogP contribution in [0, 0.1) is 0 Å². The molecule has 1 amide bonds. The summed E-state index contributed by atoms with van der Waals surface area (Å²) in [5, 5.41) is 7.82. The molecular weight excluding hydrogens is 416 g/mol. The number of benzene rings is 2. The number of hydrogen-bond acceptors (Lipinski definition) is 6. The van der Waals surface area contributed by atoms with Crippen LogP contribution in [0.1, 0.15) is 35.5 Å². The van der Waals surface area contributed by atoms with E-state index in [0.29, 0.717) is 25.2 Å². The molecule has 1 saturated heterocycles. The Labute approximate surface area is 181 Å². The molecule has 3 aromatic rings. The second-order valence-electron chi connectivity index (χ2n) is 7.55. The van der Waals surface area contributed by atoms with Crippen LogP contribution in [-0.4, -0.2) is 53.9 Å². The molecule has 8 nitrogen and oxygen atoms in total. The third-order valence-corrected chi connectivity index (χ3v) is 7.18. The van der Waals surface area contributed by atoms with Crippen LogP contribution in [0.25, 0.3) is 11.5 Å². The predicted molar refractivity (Wildman–Crippen MR) is 115 cm³/mol. The standard InChI is InChI=1S/C22H24N4O4S/c1-25(16-17-8-4-2-5-9-17)22(27)21-24-23-20(30-21)18-10-12-19(13-11-18)31(28,29)26-14-6-3-7-15-26/h2,4-5,8-13H,3,6-7,14-16H2,1H3. The Bertz CT molecular complexity index is 1140. The van der Waals surface area contributed by atoms with Gasteiger partial charge in [-0.15, -0.1) is 10.2 Å². The van der Waals surface area contributed by atoms with E-state index in [1.807, 2.05) is 30.3 Å². The Morgan fingerprint density at radius 2 is 1.68 bits per heavy atom. The molecule has 0 bridgehead atoms. The molecule has 1 fully saturated rings. The van der Waals surface area contributed by atoms with E-state index >= 15 is 0 Å². The average molecular weight is 441 g/mol. The molecule has 0 atom stereocenters. The van der Waals surface area contributed by atoms with Crippen molar-refractivity contribution >= 4 is 15.9 Å². The Morgan fingerprint density at radius 1 is 1.00 bits per heavy atom. The van der Waals surface area contributed by atoms with Gasteiger partial charge < -0.3 is 9.32 Å². The van der Waals surface area contributed by atoms with Crippen molar-refractivity contribution in [2.24, 2.45) is 0 Å². The lowest BCUT2D eigenvalue weighted by atomic mass is 10.2. The first-order chi connectivity index (χ1) is 14.9. The number of hydrogen-bond donors (Lipinski definition) is 0. The average Bonchev–Trinajstić information content (AvgIpc) is 3.30. The Balaban J connectivity index is 1.47. The lowest BCUT2D eigenvalue weighted by Crippen LogP contribution is -2.35. The van der Waals surface area contributed by atoms with Crippen LogP contribution in [0.3, 0.4) is 0 Å². The van der Waals surface area contributed by atoms with Gasteiger partial charge in [-0.2, -0.15) is 4.31 Å². The first kappa shape index (κ1) is 21.2. The Morgan fingerprint density at radius 3 is 2.35 bits per heavy atom. The van der Waals surface area contributed by atoms with Crippen LogP contribution in [0.15, 0.2) is 63.9 Å². The van der Waals surface area contributed by atoms with Gasteiger partial charge >= 0.3 is 11.8 Å². The van der Waals surface area contributed by atoms with E-state index < -0.39 is 10.0 Å². The van der Waals surface area contributed by atoms with Crippen molar-refractivity contribution in [2.75, 3.05) is 20.1 Å². The van der Waals surface area contributed by atoms with Gasteiger partial charge in [0.05, 0.1) is 4.90 Å². The number of nitrogens with zero attached hydrogens (tertiary/aromatic N) is 4. The minimum Gasteiger partial charge on any atom is -0.412 e. The third kappa shape index (κ3) is 4.67. The molecule has 0 N–H and O–H groups in total. The molecule has 162 valence electrons. The molecule has 2 heterocycles. The zero-order chi connectivity index (χ0) is 21.8. The van der Waals surface area contributed by atoms with Crippen molar-refractivity contribution in [3.8, 4) is 11.5 Å². The van der Waals surface area contributed by atoms with Gasteiger partial charge in [0.25, 0.3) is 0 Å². The van der Waals surface area contributed by atoms with Crippen molar-refractivity contribution < 1.29 is 17.6 Å². The molecule has 1 aromatic heterocycles. The molecule has 4 rings (SSSR count). The number of carbonyl (C=O) groups excluding carboxylic acids is 1. The van der Waals surface area contributed by atoms with Gasteiger partial charge in [0.2, 0.25) is 15.9 Å². The van der Waals surface area contributed by atoms with Crippen molar-refractivity contribution in [1.82, 2.24) is 19.4 Å². The second-order valence-corrected chi connectivity index (χ2v) is 9.49. The van der Waals surface area contributed by atoms with Gasteiger partial charge in [0, 0.05) is 32.2 Å². The number of amides is 1. The van der Waals surface area contributed by atoms with Gasteiger partial charge in [0.15, 0.2) is 0 Å². The monoisotopic (exact) mass is 440 g/mol. The van der Waals surface area contributed by atoms with E-state index in [-0.39, 0.29) is 22.6 Å². The molecule has 0 spiro atoms. The first-order valence-corrected chi connectivity index (χ1v) is 11.6. The summed E-state index contributed by atoms with van der Waals surface area (Å²) in [6, 6.07) is 15.9. The molecule has 9 heteroatoms. The molecule has 2 aromatic carbocycles. The molecule has 0 aliphatic carbocycles. The highest BCUT2D eigenvalue weighted by Gasteiger charge is 2.26. The molecule has 31 heavy (non-hydrogen) atoms. The number of carbonyl (C=O) groups is 1. The summed E-state index contributed by atoms with van der Waals surface area (Å²) in [7, 11) is -1.84. The van der Waals surface area contributed by atoms with Crippen molar-refractivity contribution in [2.45, 2.75) is 30.7 Å². The fraction of sp³-hybridized carbons (Fsp3) is 0.318.